The van der Waals surface area contributed by atoms with Crippen LogP contribution >= 0.6 is 0 Å². The van der Waals surface area contributed by atoms with Crippen molar-refractivity contribution in [2.45, 2.75) is 32.0 Å². The molecule has 1 N–H and O–H groups in total. The van der Waals surface area contributed by atoms with Crippen molar-refractivity contribution >= 4 is 0 Å². The summed E-state index contributed by atoms with van der Waals surface area (Å²) in [5.41, 5.74) is -1.13. The van der Waals surface area contributed by atoms with E-state index in [9.17, 15) is 22.7 Å². The number of hydrogen-bond acceptors (Lipinski definition) is 1. The fourth-order valence-corrected chi connectivity index (χ4v) is 1.41. The highest BCUT2D eigenvalue weighted by Crippen LogP contribution is 2.32. The third-order valence-corrected chi connectivity index (χ3v) is 2.25. The molecule has 0 aliphatic heterocycles. The molecule has 0 aliphatic rings. The first-order valence-corrected chi connectivity index (χ1v) is 4.91. The molecule has 0 bridgehead atoms. The topological polar surface area (TPSA) is 20.2 Å². The van der Waals surface area contributed by atoms with E-state index in [2.05, 4.69) is 0 Å². The van der Waals surface area contributed by atoms with Crippen molar-refractivity contribution in [3.05, 3.63) is 35.1 Å². The monoisotopic (exact) mass is 236 g/mol. The minimum Gasteiger partial charge on any atom is -0.388 e. The van der Waals surface area contributed by atoms with E-state index in [0.717, 1.165) is 12.1 Å². The average Bonchev–Trinajstić information content (AvgIpc) is 2.16. The number of benzene rings is 1. The molecule has 5 heteroatoms. The molecule has 1 unspecified atom stereocenters. The second kappa shape index (κ2) is 4.82. The van der Waals surface area contributed by atoms with Gasteiger partial charge in [0.2, 0.25) is 0 Å². The normalized spacial score (nSPS) is 13.9. The summed E-state index contributed by atoms with van der Waals surface area (Å²) in [4.78, 5) is 0. The lowest BCUT2D eigenvalue weighted by Crippen LogP contribution is -2.09. The van der Waals surface area contributed by atoms with Gasteiger partial charge in [-0.1, -0.05) is 19.4 Å². The minimum absolute atomic E-state index is 0.173. The van der Waals surface area contributed by atoms with Gasteiger partial charge in [-0.15, -0.1) is 0 Å². The van der Waals surface area contributed by atoms with Crippen LogP contribution in [0.5, 0.6) is 0 Å². The summed E-state index contributed by atoms with van der Waals surface area (Å²) in [6.07, 6.45) is -4.55. The van der Waals surface area contributed by atoms with Gasteiger partial charge in [-0.25, -0.2) is 4.39 Å². The summed E-state index contributed by atoms with van der Waals surface area (Å²) in [5.74, 6) is -1.35. The molecular formula is C11H12F4O. The van der Waals surface area contributed by atoms with Gasteiger partial charge in [-0.3, -0.25) is 0 Å². The highest BCUT2D eigenvalue weighted by molar-refractivity contribution is 5.27. The van der Waals surface area contributed by atoms with Gasteiger partial charge in [-0.2, -0.15) is 13.2 Å². The number of rotatable bonds is 3. The van der Waals surface area contributed by atoms with E-state index in [0.29, 0.717) is 18.9 Å². The first-order valence-electron chi connectivity index (χ1n) is 4.91. The van der Waals surface area contributed by atoms with Crippen LogP contribution in [0.4, 0.5) is 17.6 Å². The molecule has 0 spiro atoms. The fraction of sp³-hybridized carbons (Fsp3) is 0.455. The van der Waals surface area contributed by atoms with E-state index in [1.165, 1.54) is 0 Å². The van der Waals surface area contributed by atoms with Crippen LogP contribution in [-0.2, 0) is 6.18 Å². The first kappa shape index (κ1) is 13.0. The molecule has 0 heterocycles. The van der Waals surface area contributed by atoms with Crippen LogP contribution in [0, 0.1) is 5.82 Å². The van der Waals surface area contributed by atoms with E-state index in [1.807, 2.05) is 6.92 Å². The van der Waals surface area contributed by atoms with Crippen LogP contribution < -0.4 is 0 Å². The van der Waals surface area contributed by atoms with Crippen LogP contribution in [0.25, 0.3) is 0 Å². The van der Waals surface area contributed by atoms with Gasteiger partial charge in [0.05, 0.1) is 11.7 Å². The highest BCUT2D eigenvalue weighted by atomic mass is 19.4. The Morgan fingerprint density at radius 1 is 1.31 bits per heavy atom. The van der Waals surface area contributed by atoms with E-state index in [1.54, 1.807) is 0 Å². The van der Waals surface area contributed by atoms with Crippen molar-refractivity contribution in [3.63, 3.8) is 0 Å². The molecule has 0 saturated heterocycles. The molecule has 0 aliphatic carbocycles. The van der Waals surface area contributed by atoms with Gasteiger partial charge in [0, 0.05) is 0 Å². The largest absolute Gasteiger partial charge is 0.419 e. The van der Waals surface area contributed by atoms with Gasteiger partial charge in [-0.05, 0) is 24.1 Å². The first-order chi connectivity index (χ1) is 7.36. The molecule has 1 rings (SSSR count). The van der Waals surface area contributed by atoms with Crippen molar-refractivity contribution in [3.8, 4) is 0 Å². The van der Waals surface area contributed by atoms with Crippen LogP contribution in [0.3, 0.4) is 0 Å². The molecule has 1 nitrogen and oxygen atoms in total. The smallest absolute Gasteiger partial charge is 0.388 e. The molecule has 0 amide bonds. The number of halogens is 4. The standard InChI is InChI=1S/C11H12F4O/c1-2-3-10(16)7-4-5-8(9(12)6-7)11(13,14)15/h4-6,10,16H,2-3H2,1H3. The van der Waals surface area contributed by atoms with Crippen molar-refractivity contribution < 1.29 is 22.7 Å². The average molecular weight is 236 g/mol. The van der Waals surface area contributed by atoms with Crippen molar-refractivity contribution in [1.29, 1.82) is 0 Å². The predicted molar refractivity (Wildman–Crippen MR) is 51.3 cm³/mol. The number of aliphatic hydroxyl groups excluding tert-OH is 1. The van der Waals surface area contributed by atoms with Gasteiger partial charge < -0.3 is 5.11 Å². The number of hydrogen-bond donors (Lipinski definition) is 1. The molecule has 0 saturated carbocycles. The summed E-state index contributed by atoms with van der Waals surface area (Å²) in [6.45, 7) is 1.82. The Labute approximate surface area is 90.7 Å². The molecule has 1 aromatic carbocycles. The van der Waals surface area contributed by atoms with E-state index in [4.69, 9.17) is 0 Å². The van der Waals surface area contributed by atoms with Crippen LogP contribution in [-0.4, -0.2) is 5.11 Å². The summed E-state index contributed by atoms with van der Waals surface area (Å²) in [6, 6.07) is 2.50. The third kappa shape index (κ3) is 2.95. The molecule has 1 aromatic rings. The highest BCUT2D eigenvalue weighted by Gasteiger charge is 2.34. The predicted octanol–water partition coefficient (Wildman–Crippen LogP) is 3.68. The number of aliphatic hydroxyl groups is 1. The summed E-state index contributed by atoms with van der Waals surface area (Å²) in [7, 11) is 0. The summed E-state index contributed by atoms with van der Waals surface area (Å²) in [5, 5.41) is 9.49. The van der Waals surface area contributed by atoms with Crippen LogP contribution in [0.2, 0.25) is 0 Å². The van der Waals surface area contributed by atoms with Crippen molar-refractivity contribution in [2.75, 3.05) is 0 Å². The SMILES string of the molecule is CCCC(O)c1ccc(C(F)(F)F)c(F)c1. The third-order valence-electron chi connectivity index (χ3n) is 2.25. The number of alkyl halides is 3. The fourth-order valence-electron chi connectivity index (χ4n) is 1.41. The van der Waals surface area contributed by atoms with Gasteiger partial charge >= 0.3 is 6.18 Å². The quantitative estimate of drug-likeness (QED) is 0.794. The Morgan fingerprint density at radius 2 is 1.94 bits per heavy atom. The van der Waals surface area contributed by atoms with Gasteiger partial charge in [0.15, 0.2) is 0 Å². The molecule has 90 valence electrons. The van der Waals surface area contributed by atoms with Crippen LogP contribution in [0.15, 0.2) is 18.2 Å². The minimum atomic E-state index is -4.70. The lowest BCUT2D eigenvalue weighted by atomic mass is 10.0. The Hall–Kier alpha value is -1.10. The second-order valence-electron chi connectivity index (χ2n) is 3.54. The Balaban J connectivity index is 3.00. The Bertz CT molecular complexity index is 359. The van der Waals surface area contributed by atoms with Crippen molar-refractivity contribution in [2.24, 2.45) is 0 Å². The molecule has 0 fully saturated rings. The second-order valence-corrected chi connectivity index (χ2v) is 3.54. The maximum absolute atomic E-state index is 13.1. The van der Waals surface area contributed by atoms with Gasteiger partial charge in [0.1, 0.15) is 5.82 Å². The zero-order valence-electron chi connectivity index (χ0n) is 8.68. The molecule has 0 aromatic heterocycles. The lowest BCUT2D eigenvalue weighted by Gasteiger charge is -2.12. The molecule has 0 radical (unpaired) electrons. The maximum atomic E-state index is 13.1. The molecule has 1 atom stereocenters. The zero-order valence-corrected chi connectivity index (χ0v) is 8.68. The van der Waals surface area contributed by atoms with E-state index < -0.39 is 23.7 Å². The summed E-state index contributed by atoms with van der Waals surface area (Å²) < 4.78 is 49.8. The Morgan fingerprint density at radius 3 is 2.38 bits per heavy atom. The summed E-state index contributed by atoms with van der Waals surface area (Å²) >= 11 is 0. The van der Waals surface area contributed by atoms with Crippen molar-refractivity contribution in [1.82, 2.24) is 0 Å². The van der Waals surface area contributed by atoms with E-state index in [-0.39, 0.29) is 5.56 Å². The Kier molecular flexibility index (Phi) is 3.91. The molecule has 16 heavy (non-hydrogen) atoms. The maximum Gasteiger partial charge on any atom is 0.419 e. The molecular weight excluding hydrogens is 224 g/mol. The van der Waals surface area contributed by atoms with Crippen LogP contribution in [0.1, 0.15) is 37.0 Å². The van der Waals surface area contributed by atoms with Gasteiger partial charge in [0.25, 0.3) is 0 Å². The lowest BCUT2D eigenvalue weighted by molar-refractivity contribution is -0.140. The zero-order chi connectivity index (χ0) is 12.3. The van der Waals surface area contributed by atoms with E-state index >= 15 is 0 Å².